The van der Waals surface area contributed by atoms with Gasteiger partial charge in [-0.05, 0) is 31.9 Å². The van der Waals surface area contributed by atoms with Crippen LogP contribution >= 0.6 is 0 Å². The molecule has 0 radical (unpaired) electrons. The van der Waals surface area contributed by atoms with Crippen molar-refractivity contribution in [1.82, 2.24) is 10.3 Å². The Morgan fingerprint density at radius 3 is 2.65 bits per heavy atom. The van der Waals surface area contributed by atoms with E-state index in [1.54, 1.807) is 0 Å². The quantitative estimate of drug-likeness (QED) is 0.818. The number of anilines is 1. The molecule has 0 unspecified atom stereocenters. The highest BCUT2D eigenvalue weighted by Gasteiger charge is 2.18. The molecule has 2 rings (SSSR count). The highest BCUT2D eigenvalue weighted by atomic mass is 16.3. The van der Waals surface area contributed by atoms with Gasteiger partial charge in [-0.25, -0.2) is 0 Å². The minimum Gasteiger partial charge on any atom is -0.392 e. The van der Waals surface area contributed by atoms with Crippen LogP contribution in [0.15, 0.2) is 24.5 Å². The van der Waals surface area contributed by atoms with Gasteiger partial charge in [0.15, 0.2) is 0 Å². The van der Waals surface area contributed by atoms with Gasteiger partial charge < -0.3 is 15.3 Å². The molecule has 1 fully saturated rings. The summed E-state index contributed by atoms with van der Waals surface area (Å²) in [5, 5.41) is 12.6. The van der Waals surface area contributed by atoms with Crippen molar-refractivity contribution in [2.24, 2.45) is 0 Å². The monoisotopic (exact) mass is 235 g/mol. The lowest BCUT2D eigenvalue weighted by molar-refractivity contribution is 0.183. The minimum absolute atomic E-state index is 0.256. The number of hydrogen-bond acceptors (Lipinski definition) is 4. The van der Waals surface area contributed by atoms with Crippen molar-refractivity contribution < 1.29 is 5.11 Å². The Hall–Kier alpha value is -1.13. The van der Waals surface area contributed by atoms with Crippen LogP contribution in [0.4, 0.5) is 5.69 Å². The van der Waals surface area contributed by atoms with E-state index in [1.165, 1.54) is 5.69 Å². The Morgan fingerprint density at radius 1 is 1.41 bits per heavy atom. The minimum atomic E-state index is -0.256. The lowest BCUT2D eigenvalue weighted by Crippen LogP contribution is -2.44. The van der Waals surface area contributed by atoms with Gasteiger partial charge in [0, 0.05) is 43.8 Å². The number of piperidine rings is 1. The number of nitrogens with one attached hydrogen (secondary N) is 1. The standard InChI is InChI=1S/C13H21N3O/c1-11(17)10-15-12-4-8-16(9-5-12)13-2-6-14-7-3-13/h2-3,6-7,11-12,15,17H,4-5,8-10H2,1H3/t11-/m0/s1. The first kappa shape index (κ1) is 12.3. The second-order valence-corrected chi connectivity index (χ2v) is 4.72. The van der Waals surface area contributed by atoms with E-state index >= 15 is 0 Å². The van der Waals surface area contributed by atoms with Crippen molar-refractivity contribution in [3.05, 3.63) is 24.5 Å². The summed E-state index contributed by atoms with van der Waals surface area (Å²) in [6.45, 7) is 4.65. The van der Waals surface area contributed by atoms with Gasteiger partial charge in [0.1, 0.15) is 0 Å². The first-order valence-electron chi connectivity index (χ1n) is 6.32. The van der Waals surface area contributed by atoms with Crippen LogP contribution in [0.25, 0.3) is 0 Å². The smallest absolute Gasteiger partial charge is 0.0636 e. The van der Waals surface area contributed by atoms with Crippen LogP contribution in [-0.4, -0.2) is 41.9 Å². The molecule has 1 aromatic heterocycles. The molecule has 1 aliphatic heterocycles. The van der Waals surface area contributed by atoms with E-state index in [1.807, 2.05) is 19.3 Å². The molecular weight excluding hydrogens is 214 g/mol. The normalized spacial score (nSPS) is 19.3. The van der Waals surface area contributed by atoms with Crippen LogP contribution < -0.4 is 10.2 Å². The van der Waals surface area contributed by atoms with Gasteiger partial charge in [0.25, 0.3) is 0 Å². The van der Waals surface area contributed by atoms with Gasteiger partial charge in [-0.15, -0.1) is 0 Å². The van der Waals surface area contributed by atoms with E-state index in [4.69, 9.17) is 0 Å². The third-order valence-electron chi connectivity index (χ3n) is 3.22. The topological polar surface area (TPSA) is 48.4 Å². The Morgan fingerprint density at radius 2 is 2.06 bits per heavy atom. The Bertz CT molecular complexity index is 321. The molecule has 0 spiro atoms. The summed E-state index contributed by atoms with van der Waals surface area (Å²) in [6, 6.07) is 4.66. The van der Waals surface area contributed by atoms with Crippen LogP contribution in [-0.2, 0) is 0 Å². The number of hydrogen-bond donors (Lipinski definition) is 2. The van der Waals surface area contributed by atoms with Crippen molar-refractivity contribution in [3.8, 4) is 0 Å². The van der Waals surface area contributed by atoms with E-state index in [0.29, 0.717) is 12.6 Å². The number of nitrogens with zero attached hydrogens (tertiary/aromatic N) is 2. The molecule has 94 valence electrons. The average molecular weight is 235 g/mol. The van der Waals surface area contributed by atoms with E-state index in [2.05, 4.69) is 27.3 Å². The highest BCUT2D eigenvalue weighted by molar-refractivity contribution is 5.44. The van der Waals surface area contributed by atoms with Crippen LogP contribution in [0.1, 0.15) is 19.8 Å². The van der Waals surface area contributed by atoms with Crippen molar-refractivity contribution >= 4 is 5.69 Å². The summed E-state index contributed by atoms with van der Waals surface area (Å²) in [7, 11) is 0. The molecule has 4 nitrogen and oxygen atoms in total. The van der Waals surface area contributed by atoms with E-state index in [0.717, 1.165) is 25.9 Å². The number of rotatable bonds is 4. The Kier molecular flexibility index (Phi) is 4.34. The summed E-state index contributed by atoms with van der Waals surface area (Å²) < 4.78 is 0. The second kappa shape index (κ2) is 5.98. The number of aliphatic hydroxyl groups excluding tert-OH is 1. The van der Waals surface area contributed by atoms with Crippen molar-refractivity contribution in [2.45, 2.75) is 31.9 Å². The summed E-state index contributed by atoms with van der Waals surface area (Å²) in [4.78, 5) is 6.43. The zero-order valence-corrected chi connectivity index (χ0v) is 10.3. The van der Waals surface area contributed by atoms with Crippen molar-refractivity contribution in [1.29, 1.82) is 0 Å². The summed E-state index contributed by atoms with van der Waals surface area (Å²) in [6.07, 6.45) is 5.69. The molecule has 1 atom stereocenters. The molecule has 0 saturated carbocycles. The average Bonchev–Trinajstić information content (AvgIpc) is 2.38. The third kappa shape index (κ3) is 3.68. The Labute approximate surface area is 103 Å². The van der Waals surface area contributed by atoms with Crippen LogP contribution in [0.5, 0.6) is 0 Å². The fourth-order valence-electron chi connectivity index (χ4n) is 2.23. The number of aromatic nitrogens is 1. The maximum atomic E-state index is 9.23. The molecule has 0 bridgehead atoms. The van der Waals surface area contributed by atoms with Gasteiger partial charge in [-0.3, -0.25) is 4.98 Å². The zero-order chi connectivity index (χ0) is 12.1. The largest absolute Gasteiger partial charge is 0.392 e. The van der Waals surface area contributed by atoms with Gasteiger partial charge in [-0.2, -0.15) is 0 Å². The fraction of sp³-hybridized carbons (Fsp3) is 0.615. The first-order valence-corrected chi connectivity index (χ1v) is 6.32. The maximum absolute atomic E-state index is 9.23. The van der Waals surface area contributed by atoms with E-state index in [-0.39, 0.29) is 6.10 Å². The van der Waals surface area contributed by atoms with Crippen LogP contribution in [0.3, 0.4) is 0 Å². The number of aliphatic hydroxyl groups is 1. The first-order chi connectivity index (χ1) is 8.25. The Balaban J connectivity index is 1.78. The van der Waals surface area contributed by atoms with E-state index in [9.17, 15) is 5.11 Å². The summed E-state index contributed by atoms with van der Waals surface area (Å²) in [5.74, 6) is 0. The van der Waals surface area contributed by atoms with Gasteiger partial charge in [0.2, 0.25) is 0 Å². The molecule has 2 N–H and O–H groups in total. The second-order valence-electron chi connectivity index (χ2n) is 4.72. The molecule has 1 aliphatic rings. The maximum Gasteiger partial charge on any atom is 0.0636 e. The predicted molar refractivity (Wildman–Crippen MR) is 69.2 cm³/mol. The molecular formula is C13H21N3O. The molecule has 0 aromatic carbocycles. The molecule has 0 aliphatic carbocycles. The summed E-state index contributed by atoms with van der Waals surface area (Å²) in [5.41, 5.74) is 1.26. The lowest BCUT2D eigenvalue weighted by Gasteiger charge is -2.34. The molecule has 4 heteroatoms. The predicted octanol–water partition coefficient (Wildman–Crippen LogP) is 1.02. The van der Waals surface area contributed by atoms with Crippen LogP contribution in [0, 0.1) is 0 Å². The van der Waals surface area contributed by atoms with Gasteiger partial charge in [0.05, 0.1) is 6.10 Å². The van der Waals surface area contributed by atoms with Crippen molar-refractivity contribution in [3.63, 3.8) is 0 Å². The summed E-state index contributed by atoms with van der Waals surface area (Å²) >= 11 is 0. The zero-order valence-electron chi connectivity index (χ0n) is 10.3. The van der Waals surface area contributed by atoms with Gasteiger partial charge >= 0.3 is 0 Å². The molecule has 1 aromatic rings. The number of pyridine rings is 1. The lowest BCUT2D eigenvalue weighted by atomic mass is 10.0. The fourth-order valence-corrected chi connectivity index (χ4v) is 2.23. The molecule has 0 amide bonds. The van der Waals surface area contributed by atoms with Crippen LogP contribution in [0.2, 0.25) is 0 Å². The highest BCUT2D eigenvalue weighted by Crippen LogP contribution is 2.18. The van der Waals surface area contributed by atoms with Crippen molar-refractivity contribution in [2.75, 3.05) is 24.5 Å². The molecule has 17 heavy (non-hydrogen) atoms. The van der Waals surface area contributed by atoms with Gasteiger partial charge in [-0.1, -0.05) is 0 Å². The SMILES string of the molecule is C[C@H](O)CNC1CCN(c2ccncc2)CC1. The third-order valence-corrected chi connectivity index (χ3v) is 3.22. The van der Waals surface area contributed by atoms with E-state index < -0.39 is 0 Å². The molecule has 1 saturated heterocycles. The molecule has 2 heterocycles.